The summed E-state index contributed by atoms with van der Waals surface area (Å²) in [5, 5.41) is 7.24. The van der Waals surface area contributed by atoms with E-state index < -0.39 is 10.0 Å². The highest BCUT2D eigenvalue weighted by molar-refractivity contribution is 7.89. The molecule has 10 heteroatoms. The summed E-state index contributed by atoms with van der Waals surface area (Å²) in [6.45, 7) is 3.36. The number of fused-ring (bicyclic) bond motifs is 1. The van der Waals surface area contributed by atoms with E-state index >= 15 is 0 Å². The summed E-state index contributed by atoms with van der Waals surface area (Å²) in [7, 11) is -2.06. The Balaban J connectivity index is 1.48. The minimum atomic E-state index is -3.45. The van der Waals surface area contributed by atoms with Crippen LogP contribution in [0.2, 0.25) is 0 Å². The number of thiocarbonyl (C=S) groups is 1. The predicted molar refractivity (Wildman–Crippen MR) is 131 cm³/mol. The average Bonchev–Trinajstić information content (AvgIpc) is 3.41. The van der Waals surface area contributed by atoms with E-state index in [2.05, 4.69) is 17.6 Å². The van der Waals surface area contributed by atoms with Gasteiger partial charge in [0.25, 0.3) is 0 Å². The van der Waals surface area contributed by atoms with Gasteiger partial charge < -0.3 is 15.4 Å². The normalized spacial score (nSPS) is 18.8. The molecule has 1 aliphatic carbocycles. The van der Waals surface area contributed by atoms with Gasteiger partial charge in [0.15, 0.2) is 5.11 Å². The average molecular weight is 494 g/mol. The van der Waals surface area contributed by atoms with Crippen molar-refractivity contribution >= 4 is 55.3 Å². The number of rotatable bonds is 5. The number of nitrogens with one attached hydrogen (secondary N) is 2. The van der Waals surface area contributed by atoms with E-state index in [-0.39, 0.29) is 10.9 Å². The van der Waals surface area contributed by atoms with Crippen LogP contribution >= 0.6 is 23.6 Å². The van der Waals surface area contributed by atoms with Gasteiger partial charge in [-0.15, -0.1) is 11.3 Å². The van der Waals surface area contributed by atoms with Gasteiger partial charge in [-0.2, -0.15) is 4.31 Å². The largest absolute Gasteiger partial charge is 0.465 e. The van der Waals surface area contributed by atoms with E-state index in [9.17, 15) is 13.2 Å². The van der Waals surface area contributed by atoms with E-state index in [1.165, 1.54) is 16.3 Å². The Morgan fingerprint density at radius 1 is 1.19 bits per heavy atom. The molecule has 0 bridgehead atoms. The number of methoxy groups -OCH3 is 1. The summed E-state index contributed by atoms with van der Waals surface area (Å²) in [6.07, 6.45) is 4.64. The molecular formula is C22H27N3O4S3. The molecule has 2 aromatic rings. The fourth-order valence-electron chi connectivity index (χ4n) is 4.21. The lowest BCUT2D eigenvalue weighted by Crippen LogP contribution is -2.27. The van der Waals surface area contributed by atoms with E-state index in [0.29, 0.717) is 40.4 Å². The second-order valence-corrected chi connectivity index (χ2v) is 11.7. The highest BCUT2D eigenvalue weighted by Crippen LogP contribution is 2.40. The zero-order valence-corrected chi connectivity index (χ0v) is 20.6. The van der Waals surface area contributed by atoms with Crippen LogP contribution in [0.4, 0.5) is 10.7 Å². The lowest BCUT2D eigenvalue weighted by molar-refractivity contribution is 0.0601. The lowest BCUT2D eigenvalue weighted by Gasteiger charge is -2.18. The zero-order chi connectivity index (χ0) is 22.9. The first kappa shape index (κ1) is 23.2. The van der Waals surface area contributed by atoms with Gasteiger partial charge in [0.05, 0.1) is 17.6 Å². The van der Waals surface area contributed by atoms with Gasteiger partial charge in [0, 0.05) is 23.7 Å². The summed E-state index contributed by atoms with van der Waals surface area (Å²) in [4.78, 5) is 13.9. The topological polar surface area (TPSA) is 87.7 Å². The maximum Gasteiger partial charge on any atom is 0.341 e. The SMILES string of the molecule is COC(=O)c1c(NC(=S)Nc2ccc(S(=O)(=O)N3CCCC3)cc2)sc2c1CCC(C)C2. The van der Waals surface area contributed by atoms with E-state index in [1.807, 2.05) is 0 Å². The number of sulfonamides is 1. The van der Waals surface area contributed by atoms with Crippen molar-refractivity contribution in [3.05, 3.63) is 40.3 Å². The molecule has 1 aliphatic heterocycles. The first-order valence-corrected chi connectivity index (χ1v) is 13.4. The van der Waals surface area contributed by atoms with Gasteiger partial charge in [0.1, 0.15) is 5.00 Å². The molecule has 32 heavy (non-hydrogen) atoms. The number of carbonyl (C=O) groups is 1. The first-order valence-electron chi connectivity index (χ1n) is 10.7. The third-order valence-corrected chi connectivity index (χ3v) is 9.23. The quantitative estimate of drug-likeness (QED) is 0.475. The van der Waals surface area contributed by atoms with Crippen molar-refractivity contribution in [2.45, 2.75) is 43.9 Å². The van der Waals surface area contributed by atoms with Gasteiger partial charge in [-0.3, -0.25) is 0 Å². The van der Waals surface area contributed by atoms with Crippen LogP contribution in [0.5, 0.6) is 0 Å². The number of thiophene rings is 1. The molecule has 1 aromatic carbocycles. The predicted octanol–water partition coefficient (Wildman–Crippen LogP) is 4.25. The summed E-state index contributed by atoms with van der Waals surface area (Å²) < 4.78 is 31.9. The van der Waals surface area contributed by atoms with Crippen molar-refractivity contribution in [3.8, 4) is 0 Å². The van der Waals surface area contributed by atoms with Crippen LogP contribution in [0, 0.1) is 5.92 Å². The molecule has 0 radical (unpaired) electrons. The summed E-state index contributed by atoms with van der Waals surface area (Å²) in [5.74, 6) is 0.221. The monoisotopic (exact) mass is 493 g/mol. The summed E-state index contributed by atoms with van der Waals surface area (Å²) in [6, 6.07) is 6.56. The second-order valence-electron chi connectivity index (χ2n) is 8.26. The molecule has 1 unspecified atom stereocenters. The fraction of sp³-hybridized carbons (Fsp3) is 0.455. The van der Waals surface area contributed by atoms with Gasteiger partial charge in [-0.25, -0.2) is 13.2 Å². The van der Waals surface area contributed by atoms with Crippen molar-refractivity contribution in [2.75, 3.05) is 30.8 Å². The number of anilines is 2. The maximum absolute atomic E-state index is 12.7. The Morgan fingerprint density at radius 3 is 2.53 bits per heavy atom. The lowest BCUT2D eigenvalue weighted by atomic mass is 9.88. The minimum absolute atomic E-state index is 0.275. The smallest absolute Gasteiger partial charge is 0.341 e. The molecule has 1 aromatic heterocycles. The molecule has 0 amide bonds. The molecule has 0 spiro atoms. The molecule has 7 nitrogen and oxygen atoms in total. The van der Waals surface area contributed by atoms with E-state index in [4.69, 9.17) is 17.0 Å². The van der Waals surface area contributed by atoms with Crippen LogP contribution in [0.15, 0.2) is 29.2 Å². The van der Waals surface area contributed by atoms with Gasteiger partial charge in [-0.1, -0.05) is 6.92 Å². The van der Waals surface area contributed by atoms with Crippen LogP contribution in [0.25, 0.3) is 0 Å². The molecular weight excluding hydrogens is 466 g/mol. The molecule has 1 fully saturated rings. The Hall–Kier alpha value is -2.01. The highest BCUT2D eigenvalue weighted by atomic mass is 32.2. The van der Waals surface area contributed by atoms with Gasteiger partial charge in [-0.05, 0) is 80.1 Å². The number of carbonyl (C=O) groups excluding carboxylic acids is 1. The molecule has 4 rings (SSSR count). The van der Waals surface area contributed by atoms with Gasteiger partial charge in [0.2, 0.25) is 10.0 Å². The van der Waals surface area contributed by atoms with Crippen LogP contribution in [0.1, 0.15) is 47.0 Å². The molecule has 2 N–H and O–H groups in total. The zero-order valence-electron chi connectivity index (χ0n) is 18.1. The Bertz CT molecular complexity index is 1120. The number of hydrogen-bond acceptors (Lipinski definition) is 6. The molecule has 172 valence electrons. The van der Waals surface area contributed by atoms with Gasteiger partial charge >= 0.3 is 5.97 Å². The van der Waals surface area contributed by atoms with Crippen molar-refractivity contribution in [1.82, 2.24) is 4.31 Å². The van der Waals surface area contributed by atoms with Crippen molar-refractivity contribution in [3.63, 3.8) is 0 Å². The third kappa shape index (κ3) is 4.68. The van der Waals surface area contributed by atoms with Crippen LogP contribution in [-0.2, 0) is 27.6 Å². The summed E-state index contributed by atoms with van der Waals surface area (Å²) >= 11 is 7.01. The standard InChI is InChI=1S/C22H27N3O4S3/c1-14-5-10-17-18(13-14)31-20(19(17)21(26)29-2)24-22(30)23-15-6-8-16(9-7-15)32(27,28)25-11-3-4-12-25/h6-9,14H,3-5,10-13H2,1-2H3,(H2,23,24,30). The van der Waals surface area contributed by atoms with Crippen molar-refractivity contribution in [2.24, 2.45) is 5.92 Å². The fourth-order valence-corrected chi connectivity index (χ4v) is 7.41. The Morgan fingerprint density at radius 2 is 1.88 bits per heavy atom. The number of benzene rings is 1. The van der Waals surface area contributed by atoms with E-state index in [0.717, 1.165) is 37.7 Å². The molecule has 0 saturated carbocycles. The van der Waals surface area contributed by atoms with E-state index in [1.54, 1.807) is 35.6 Å². The molecule has 2 aliphatic rings. The second kappa shape index (κ2) is 9.46. The molecule has 1 saturated heterocycles. The van der Waals surface area contributed by atoms with Crippen molar-refractivity contribution < 1.29 is 17.9 Å². The third-order valence-electron chi connectivity index (χ3n) is 5.94. The maximum atomic E-state index is 12.7. The van der Waals surface area contributed by atoms with Crippen molar-refractivity contribution in [1.29, 1.82) is 0 Å². The molecule has 2 heterocycles. The Labute approximate surface area is 198 Å². The first-order chi connectivity index (χ1) is 15.3. The number of esters is 1. The number of nitrogens with zero attached hydrogens (tertiary/aromatic N) is 1. The molecule has 1 atom stereocenters. The minimum Gasteiger partial charge on any atom is -0.465 e. The highest BCUT2D eigenvalue weighted by Gasteiger charge is 2.29. The summed E-state index contributed by atoms with van der Waals surface area (Å²) in [5.41, 5.74) is 2.29. The van der Waals surface area contributed by atoms with Crippen LogP contribution in [-0.4, -0.2) is 44.0 Å². The number of hydrogen-bond donors (Lipinski definition) is 2. The number of ether oxygens (including phenoxy) is 1. The van der Waals surface area contributed by atoms with Crippen LogP contribution < -0.4 is 10.6 Å². The van der Waals surface area contributed by atoms with Crippen LogP contribution in [0.3, 0.4) is 0 Å². The Kier molecular flexibility index (Phi) is 6.85.